The first-order chi connectivity index (χ1) is 6.70. The first-order valence-corrected chi connectivity index (χ1v) is 4.57. The van der Waals surface area contributed by atoms with E-state index in [4.69, 9.17) is 14.9 Å². The van der Waals surface area contributed by atoms with Gasteiger partial charge in [0.1, 0.15) is 5.60 Å². The molecule has 0 aliphatic heterocycles. The molecule has 1 amide bonds. The third-order valence-electron chi connectivity index (χ3n) is 1.29. The Morgan fingerprint density at radius 2 is 1.88 bits per heavy atom. The van der Waals surface area contributed by atoms with Crippen molar-refractivity contribution in [2.24, 2.45) is 0 Å². The van der Waals surface area contributed by atoms with Crippen LogP contribution >= 0.6 is 0 Å². The molecule has 0 fully saturated rings. The minimum atomic E-state index is -1.12. The number of hydrogen-bond acceptors (Lipinski definition) is 4. The zero-order valence-corrected chi connectivity index (χ0v) is 10.2. The van der Waals surface area contributed by atoms with Gasteiger partial charge in [0.2, 0.25) is 0 Å². The van der Waals surface area contributed by atoms with Crippen molar-refractivity contribution in [3.05, 3.63) is 0 Å². The molecule has 7 heteroatoms. The Morgan fingerprint density at radius 1 is 1.38 bits per heavy atom. The minimum absolute atomic E-state index is 0. The van der Waals surface area contributed by atoms with Crippen molar-refractivity contribution in [2.75, 3.05) is 6.54 Å². The quantitative estimate of drug-likeness (QED) is 0.677. The predicted octanol–water partition coefficient (Wildman–Crippen LogP) is 0.347. The number of ether oxygens (including phenoxy) is 1. The number of aliphatic hydroxyl groups is 1. The summed E-state index contributed by atoms with van der Waals surface area (Å²) in [6.07, 6.45) is -2.18. The molecule has 6 nitrogen and oxygen atoms in total. The second kappa shape index (κ2) is 8.11. The van der Waals surface area contributed by atoms with E-state index in [0.717, 1.165) is 0 Å². The predicted molar refractivity (Wildman–Crippen MR) is 52.5 cm³/mol. The molecule has 0 saturated heterocycles. The molecule has 1 atom stereocenters. The molecular weight excluding hydrogens is 242 g/mol. The van der Waals surface area contributed by atoms with Crippen molar-refractivity contribution in [1.82, 2.24) is 5.32 Å². The summed E-state index contributed by atoms with van der Waals surface area (Å²) in [6, 6.07) is 0. The summed E-state index contributed by atoms with van der Waals surface area (Å²) in [5, 5.41) is 19.7. The molecule has 0 aromatic heterocycles. The second-order valence-electron chi connectivity index (χ2n) is 4.13. The van der Waals surface area contributed by atoms with Gasteiger partial charge in [-0.3, -0.25) is 4.79 Å². The van der Waals surface area contributed by atoms with Crippen LogP contribution in [-0.2, 0) is 9.53 Å². The fourth-order valence-electron chi connectivity index (χ4n) is 0.789. The van der Waals surface area contributed by atoms with E-state index in [0.29, 0.717) is 0 Å². The molecule has 0 radical (unpaired) electrons. The second-order valence-corrected chi connectivity index (χ2v) is 4.13. The SMILES string of the molecule is CC(C)(C)OC(=O)NCC(O)CC(=O)O.[Ar]. The molecule has 0 saturated carbocycles. The topological polar surface area (TPSA) is 95.9 Å². The van der Waals surface area contributed by atoms with Crippen LogP contribution < -0.4 is 5.32 Å². The van der Waals surface area contributed by atoms with E-state index in [1.54, 1.807) is 20.8 Å². The number of alkyl carbamates (subject to hydrolysis) is 1. The molecular formula is C9H17ArNO5. The third kappa shape index (κ3) is 12.0. The van der Waals surface area contributed by atoms with E-state index < -0.39 is 30.2 Å². The van der Waals surface area contributed by atoms with Gasteiger partial charge in [-0.2, -0.15) is 0 Å². The maximum absolute atomic E-state index is 11.1. The number of aliphatic hydroxyl groups excluding tert-OH is 1. The number of aliphatic carboxylic acids is 1. The summed E-state index contributed by atoms with van der Waals surface area (Å²) in [6.45, 7) is 4.99. The van der Waals surface area contributed by atoms with E-state index in [1.165, 1.54) is 0 Å². The molecule has 0 spiro atoms. The van der Waals surface area contributed by atoms with Crippen molar-refractivity contribution in [1.29, 1.82) is 0 Å². The Hall–Kier alpha value is -0.0403. The number of carboxylic acids is 1. The first-order valence-electron chi connectivity index (χ1n) is 4.57. The van der Waals surface area contributed by atoms with Gasteiger partial charge in [-0.25, -0.2) is 4.79 Å². The van der Waals surface area contributed by atoms with Crippen molar-refractivity contribution in [2.45, 2.75) is 38.9 Å². The van der Waals surface area contributed by atoms with E-state index in [-0.39, 0.29) is 44.3 Å². The Balaban J connectivity index is 0. The van der Waals surface area contributed by atoms with E-state index in [1.807, 2.05) is 0 Å². The Labute approximate surface area is 124 Å². The molecule has 0 aliphatic carbocycles. The van der Waals surface area contributed by atoms with Gasteiger partial charge in [-0.1, -0.05) is 0 Å². The van der Waals surface area contributed by atoms with Gasteiger partial charge in [-0.15, -0.1) is 0 Å². The fraction of sp³-hybridized carbons (Fsp3) is 0.778. The molecule has 0 aromatic rings. The van der Waals surface area contributed by atoms with Gasteiger partial charge in [0.25, 0.3) is 0 Å². The molecule has 96 valence electrons. The number of rotatable bonds is 4. The van der Waals surface area contributed by atoms with Gasteiger partial charge < -0.3 is 20.3 Å². The Kier molecular flexibility index (Phi) is 9.29. The van der Waals surface area contributed by atoms with Crippen LogP contribution in [0.15, 0.2) is 0 Å². The fourth-order valence-corrected chi connectivity index (χ4v) is 0.789. The molecule has 16 heavy (non-hydrogen) atoms. The van der Waals surface area contributed by atoms with Gasteiger partial charge in [0.05, 0.1) is 12.5 Å². The van der Waals surface area contributed by atoms with Gasteiger partial charge in [-0.05, 0) is 20.8 Å². The number of carboxylic acid groups (broad SMARTS) is 1. The van der Waals surface area contributed by atoms with Gasteiger partial charge in [0.15, 0.2) is 0 Å². The molecule has 0 aromatic carbocycles. The average molecular weight is 259 g/mol. The zero-order chi connectivity index (χ0) is 12.1. The van der Waals surface area contributed by atoms with Gasteiger partial charge >= 0.3 is 12.1 Å². The minimum Gasteiger partial charge on any atom is -0.481 e. The largest absolute Gasteiger partial charge is 0.481 e. The standard InChI is InChI=1S/C9H17NO5.Ar/c1-9(2,3)15-8(14)10-5-6(11)4-7(12)13;/h6,11H,4-5H2,1-3H3,(H,10,14)(H,12,13);. The maximum atomic E-state index is 11.1. The molecule has 0 bridgehead atoms. The zero-order valence-electron chi connectivity index (χ0n) is 9.46. The van der Waals surface area contributed by atoms with Crippen LogP contribution in [0, 0.1) is 37.7 Å². The summed E-state index contributed by atoms with van der Waals surface area (Å²) >= 11 is 0. The van der Waals surface area contributed by atoms with Crippen LogP contribution in [0.5, 0.6) is 0 Å². The number of hydrogen-bond donors (Lipinski definition) is 3. The summed E-state index contributed by atoms with van der Waals surface area (Å²) in [5.74, 6) is -1.12. The maximum Gasteiger partial charge on any atom is 0.407 e. The summed E-state index contributed by atoms with van der Waals surface area (Å²) < 4.78 is 4.88. The Morgan fingerprint density at radius 3 is 2.25 bits per heavy atom. The monoisotopic (exact) mass is 259 g/mol. The third-order valence-corrected chi connectivity index (χ3v) is 1.29. The molecule has 0 rings (SSSR count). The van der Waals surface area contributed by atoms with E-state index in [2.05, 4.69) is 5.32 Å². The normalized spacial score (nSPS) is 12.2. The Bertz CT molecular complexity index is 239. The molecule has 3 N–H and O–H groups in total. The van der Waals surface area contributed by atoms with Crippen LogP contribution in [0.2, 0.25) is 0 Å². The molecule has 0 aliphatic rings. The van der Waals surface area contributed by atoms with Crippen molar-refractivity contribution in [3.63, 3.8) is 0 Å². The summed E-state index contributed by atoms with van der Waals surface area (Å²) in [7, 11) is 0. The first kappa shape index (κ1) is 18.3. The van der Waals surface area contributed by atoms with Crippen molar-refractivity contribution < 1.29 is 62.3 Å². The number of carbonyl (C=O) groups is 2. The summed E-state index contributed by atoms with van der Waals surface area (Å²) in [4.78, 5) is 21.2. The van der Waals surface area contributed by atoms with E-state index >= 15 is 0 Å². The molecule has 0 heterocycles. The smallest absolute Gasteiger partial charge is 0.407 e. The van der Waals surface area contributed by atoms with Crippen molar-refractivity contribution >= 4 is 12.1 Å². The van der Waals surface area contributed by atoms with E-state index in [9.17, 15) is 9.59 Å². The average Bonchev–Trinajstić information content (AvgIpc) is 1.96. The van der Waals surface area contributed by atoms with Crippen LogP contribution in [-0.4, -0.2) is 40.5 Å². The summed E-state index contributed by atoms with van der Waals surface area (Å²) in [5.41, 5.74) is -0.609. The van der Waals surface area contributed by atoms with Gasteiger partial charge in [0, 0.05) is 44.3 Å². The van der Waals surface area contributed by atoms with Crippen LogP contribution in [0.25, 0.3) is 0 Å². The van der Waals surface area contributed by atoms with Crippen LogP contribution in [0.1, 0.15) is 27.2 Å². The molecule has 1 unspecified atom stereocenters. The number of carbonyl (C=O) groups excluding carboxylic acids is 1. The van der Waals surface area contributed by atoms with Crippen molar-refractivity contribution in [3.8, 4) is 0 Å². The van der Waals surface area contributed by atoms with Crippen LogP contribution in [0.4, 0.5) is 4.79 Å². The van der Waals surface area contributed by atoms with Crippen LogP contribution in [0.3, 0.4) is 0 Å². The number of nitrogens with one attached hydrogen (secondary N) is 1. The number of amides is 1.